The zero-order valence-corrected chi connectivity index (χ0v) is 15.1. The van der Waals surface area contributed by atoms with Crippen LogP contribution in [0.15, 0.2) is 42.5 Å². The molecule has 0 radical (unpaired) electrons. The third-order valence-corrected chi connectivity index (χ3v) is 4.89. The standard InChI is InChI=1S/C21H22N2O3/c1-12-5-4-6-19(13(12)2)23-21(26)18-11-17(18)20(25)22-16-9-7-15(8-10-16)14(3)24/h4-10,17-18H,11H2,1-3H3,(H,22,25)(H,23,26). The molecule has 0 spiro atoms. The van der Waals surface area contributed by atoms with E-state index < -0.39 is 0 Å². The number of rotatable bonds is 5. The molecule has 0 bridgehead atoms. The normalized spacial score (nSPS) is 18.1. The SMILES string of the molecule is CC(=O)c1ccc(NC(=O)C2CC2C(=O)Nc2cccc(C)c2C)cc1. The largest absolute Gasteiger partial charge is 0.326 e. The van der Waals surface area contributed by atoms with Gasteiger partial charge in [0.05, 0.1) is 11.8 Å². The van der Waals surface area contributed by atoms with Crippen LogP contribution in [0.4, 0.5) is 11.4 Å². The number of anilines is 2. The molecular formula is C21H22N2O3. The van der Waals surface area contributed by atoms with Crippen LogP contribution in [0.5, 0.6) is 0 Å². The Kier molecular flexibility index (Phi) is 4.89. The second-order valence-corrected chi connectivity index (χ2v) is 6.81. The van der Waals surface area contributed by atoms with Crippen molar-refractivity contribution in [1.82, 2.24) is 0 Å². The van der Waals surface area contributed by atoms with Crippen molar-refractivity contribution in [3.63, 3.8) is 0 Å². The zero-order valence-electron chi connectivity index (χ0n) is 15.1. The third-order valence-electron chi connectivity index (χ3n) is 4.89. The second-order valence-electron chi connectivity index (χ2n) is 6.81. The number of amides is 2. The van der Waals surface area contributed by atoms with Crippen molar-refractivity contribution in [2.75, 3.05) is 10.6 Å². The van der Waals surface area contributed by atoms with Gasteiger partial charge in [-0.2, -0.15) is 0 Å². The highest BCUT2D eigenvalue weighted by Crippen LogP contribution is 2.40. The fraction of sp³-hybridized carbons (Fsp3) is 0.286. The quantitative estimate of drug-likeness (QED) is 0.807. The number of hydrogen-bond donors (Lipinski definition) is 2. The van der Waals surface area contributed by atoms with Gasteiger partial charge in [-0.25, -0.2) is 0 Å². The summed E-state index contributed by atoms with van der Waals surface area (Å²) < 4.78 is 0. The highest BCUT2D eigenvalue weighted by molar-refractivity contribution is 6.03. The number of ketones is 1. The van der Waals surface area contributed by atoms with Crippen molar-refractivity contribution in [3.8, 4) is 0 Å². The fourth-order valence-electron chi connectivity index (χ4n) is 2.91. The van der Waals surface area contributed by atoms with E-state index in [9.17, 15) is 14.4 Å². The molecule has 26 heavy (non-hydrogen) atoms. The van der Waals surface area contributed by atoms with E-state index in [0.717, 1.165) is 16.8 Å². The summed E-state index contributed by atoms with van der Waals surface area (Å²) in [6.07, 6.45) is 0.550. The van der Waals surface area contributed by atoms with E-state index in [1.165, 1.54) is 6.92 Å². The minimum absolute atomic E-state index is 0.0201. The topological polar surface area (TPSA) is 75.3 Å². The second kappa shape index (κ2) is 7.12. The maximum Gasteiger partial charge on any atom is 0.228 e. The van der Waals surface area contributed by atoms with Gasteiger partial charge in [-0.1, -0.05) is 12.1 Å². The first kappa shape index (κ1) is 17.9. The van der Waals surface area contributed by atoms with Gasteiger partial charge in [0.15, 0.2) is 5.78 Å². The number of benzene rings is 2. The number of carbonyl (C=O) groups excluding carboxylic acids is 3. The first-order valence-corrected chi connectivity index (χ1v) is 8.65. The Morgan fingerprint density at radius 1 is 0.885 bits per heavy atom. The van der Waals surface area contributed by atoms with Gasteiger partial charge in [0.1, 0.15) is 0 Å². The molecule has 1 saturated carbocycles. The van der Waals surface area contributed by atoms with Crippen LogP contribution in [0.3, 0.4) is 0 Å². The summed E-state index contributed by atoms with van der Waals surface area (Å²) in [6, 6.07) is 12.5. The monoisotopic (exact) mass is 350 g/mol. The molecule has 1 aliphatic carbocycles. The molecule has 2 unspecified atom stereocenters. The minimum atomic E-state index is -0.312. The van der Waals surface area contributed by atoms with Crippen LogP contribution in [0.2, 0.25) is 0 Å². The summed E-state index contributed by atoms with van der Waals surface area (Å²) in [7, 11) is 0. The number of nitrogens with one attached hydrogen (secondary N) is 2. The van der Waals surface area contributed by atoms with Crippen LogP contribution in [-0.4, -0.2) is 17.6 Å². The van der Waals surface area contributed by atoms with Crippen LogP contribution < -0.4 is 10.6 Å². The summed E-state index contributed by atoms with van der Waals surface area (Å²) in [5, 5.41) is 5.73. The van der Waals surface area contributed by atoms with Crippen LogP contribution in [-0.2, 0) is 9.59 Å². The molecular weight excluding hydrogens is 328 g/mol. The Balaban J connectivity index is 1.57. The van der Waals surface area contributed by atoms with E-state index in [1.807, 2.05) is 32.0 Å². The molecule has 5 nitrogen and oxygen atoms in total. The highest BCUT2D eigenvalue weighted by atomic mass is 16.2. The number of aryl methyl sites for hydroxylation is 1. The maximum absolute atomic E-state index is 12.4. The Morgan fingerprint density at radius 3 is 2.12 bits per heavy atom. The maximum atomic E-state index is 12.4. The van der Waals surface area contributed by atoms with Crippen LogP contribution in [0.1, 0.15) is 34.8 Å². The van der Waals surface area contributed by atoms with Crippen molar-refractivity contribution in [1.29, 1.82) is 0 Å². The van der Waals surface area contributed by atoms with E-state index in [-0.39, 0.29) is 29.4 Å². The summed E-state index contributed by atoms with van der Waals surface area (Å²) in [6.45, 7) is 5.46. The van der Waals surface area contributed by atoms with Gasteiger partial charge in [-0.05, 0) is 68.7 Å². The molecule has 134 valence electrons. The number of carbonyl (C=O) groups is 3. The van der Waals surface area contributed by atoms with Gasteiger partial charge >= 0.3 is 0 Å². The molecule has 2 N–H and O–H groups in total. The van der Waals surface area contributed by atoms with E-state index in [4.69, 9.17) is 0 Å². The van der Waals surface area contributed by atoms with Crippen molar-refractivity contribution in [2.24, 2.45) is 11.8 Å². The molecule has 3 rings (SSSR count). The molecule has 2 amide bonds. The first-order chi connectivity index (χ1) is 12.4. The average Bonchev–Trinajstić information content (AvgIpc) is 3.40. The molecule has 0 heterocycles. The number of Topliss-reactive ketones (excluding diaryl/α,β-unsaturated/α-hetero) is 1. The minimum Gasteiger partial charge on any atom is -0.326 e. The third kappa shape index (κ3) is 3.82. The van der Waals surface area contributed by atoms with Crippen LogP contribution in [0, 0.1) is 25.7 Å². The smallest absolute Gasteiger partial charge is 0.228 e. The lowest BCUT2D eigenvalue weighted by molar-refractivity contribution is -0.122. The van der Waals surface area contributed by atoms with Crippen LogP contribution >= 0.6 is 0 Å². The highest BCUT2D eigenvalue weighted by Gasteiger charge is 2.48. The Morgan fingerprint density at radius 2 is 1.50 bits per heavy atom. The van der Waals surface area contributed by atoms with Gasteiger partial charge in [0.25, 0.3) is 0 Å². The van der Waals surface area contributed by atoms with Crippen molar-refractivity contribution < 1.29 is 14.4 Å². The lowest BCUT2D eigenvalue weighted by Gasteiger charge is -2.10. The van der Waals surface area contributed by atoms with E-state index in [2.05, 4.69) is 10.6 Å². The molecule has 1 aliphatic rings. The van der Waals surface area contributed by atoms with Gasteiger partial charge < -0.3 is 10.6 Å². The lowest BCUT2D eigenvalue weighted by Crippen LogP contribution is -2.21. The van der Waals surface area contributed by atoms with Gasteiger partial charge in [-0.15, -0.1) is 0 Å². The lowest BCUT2D eigenvalue weighted by atomic mass is 10.1. The molecule has 2 aromatic rings. The van der Waals surface area contributed by atoms with Crippen LogP contribution in [0.25, 0.3) is 0 Å². The van der Waals surface area contributed by atoms with E-state index in [1.54, 1.807) is 24.3 Å². The summed E-state index contributed by atoms with van der Waals surface area (Å²) in [5.41, 5.74) is 4.16. The van der Waals surface area contributed by atoms with Gasteiger partial charge in [0, 0.05) is 16.9 Å². The van der Waals surface area contributed by atoms with E-state index in [0.29, 0.717) is 17.7 Å². The van der Waals surface area contributed by atoms with Crippen molar-refractivity contribution in [3.05, 3.63) is 59.2 Å². The molecule has 0 aromatic heterocycles. The molecule has 1 fully saturated rings. The Bertz CT molecular complexity index is 871. The zero-order chi connectivity index (χ0) is 18.8. The Labute approximate surface area is 152 Å². The molecule has 5 heteroatoms. The average molecular weight is 350 g/mol. The predicted octanol–water partition coefficient (Wildman–Crippen LogP) is 3.72. The Hall–Kier alpha value is -2.95. The summed E-state index contributed by atoms with van der Waals surface area (Å²) in [4.78, 5) is 36.0. The molecule has 2 atom stereocenters. The van der Waals surface area contributed by atoms with Gasteiger partial charge in [-0.3, -0.25) is 14.4 Å². The van der Waals surface area contributed by atoms with Crippen molar-refractivity contribution in [2.45, 2.75) is 27.2 Å². The van der Waals surface area contributed by atoms with Gasteiger partial charge in [0.2, 0.25) is 11.8 Å². The summed E-state index contributed by atoms with van der Waals surface area (Å²) in [5.74, 6) is -0.917. The molecule has 0 aliphatic heterocycles. The fourth-order valence-corrected chi connectivity index (χ4v) is 2.91. The molecule has 0 saturated heterocycles. The van der Waals surface area contributed by atoms with Crippen molar-refractivity contribution >= 4 is 29.0 Å². The first-order valence-electron chi connectivity index (χ1n) is 8.65. The molecule has 2 aromatic carbocycles. The van der Waals surface area contributed by atoms with E-state index >= 15 is 0 Å². The summed E-state index contributed by atoms with van der Waals surface area (Å²) >= 11 is 0. The number of hydrogen-bond acceptors (Lipinski definition) is 3. The predicted molar refractivity (Wildman–Crippen MR) is 101 cm³/mol.